The predicted octanol–water partition coefficient (Wildman–Crippen LogP) is 6.81. The molecule has 10 nitrogen and oxygen atoms in total. The van der Waals surface area contributed by atoms with Gasteiger partial charge in [-0.1, -0.05) is 71.1 Å². The van der Waals surface area contributed by atoms with Gasteiger partial charge in [-0.3, -0.25) is 9.78 Å². The average molecular weight is 1330 g/mol. The molecule has 5 heterocycles. The van der Waals surface area contributed by atoms with Gasteiger partial charge in [0.2, 0.25) is 16.7 Å². The van der Waals surface area contributed by atoms with Crippen molar-refractivity contribution >= 4 is 107 Å². The molecule has 0 bridgehead atoms. The van der Waals surface area contributed by atoms with Crippen LogP contribution in [0.15, 0.2) is 176 Å². The summed E-state index contributed by atoms with van der Waals surface area (Å²) in [6, 6.07) is 52.5. The number of nitrogens with zero attached hydrogens (tertiary/aromatic N) is 5. The maximum atomic E-state index is 12.5. The third-order valence-electron chi connectivity index (χ3n) is 12.5. The second-order valence-corrected chi connectivity index (χ2v) is 16.8. The third kappa shape index (κ3) is 15.3. The molecule has 0 fully saturated rings. The Hall–Kier alpha value is -6.05. The standard InChI is InChI=1S/C25H25N2O2.C14H15NO3.C11H12N.C10H9N.CH3I.2HI/c1-4-27(5-2)22-15-11-19-16-20(25(28)29-24(19)17-22)12-14-21-13-10-18-8-6-7-9-23(18)26(21)3;1-3-15(4-2)12-6-5-10-7-11(9-16)14(17)18-13(10)8-12;1-9-7-8-10-5-3-4-6-11(10)12(9)2;1-8-6-7-9-4-2-3-5-10(9)11-8;1-2;;/h6-17H,4-5H2,1-3H3;5-9H,3-4H2,1-2H3;3-8H,1-2H3;2-7H,1H3;1H3;2*1H/q+1;;+1;;;;/p-2. The fourth-order valence-electron chi connectivity index (χ4n) is 8.32. The van der Waals surface area contributed by atoms with Gasteiger partial charge in [0.25, 0.3) is 0 Å². The molecule has 0 radical (unpaired) electrons. The van der Waals surface area contributed by atoms with Crippen molar-refractivity contribution in [3.05, 3.63) is 207 Å². The first kappa shape index (κ1) is 60.5. The molecule has 384 valence electrons. The van der Waals surface area contributed by atoms with Gasteiger partial charge < -0.3 is 66.6 Å². The van der Waals surface area contributed by atoms with E-state index < -0.39 is 5.63 Å². The van der Waals surface area contributed by atoms with E-state index in [-0.39, 0.29) is 59.1 Å². The van der Waals surface area contributed by atoms with Crippen LogP contribution in [-0.4, -0.2) is 42.4 Å². The van der Waals surface area contributed by atoms with E-state index in [0.29, 0.717) is 23.0 Å². The van der Waals surface area contributed by atoms with Crippen LogP contribution in [0.25, 0.3) is 66.8 Å². The van der Waals surface area contributed by atoms with E-state index in [4.69, 9.17) is 8.83 Å². The second kappa shape index (κ2) is 29.7. The molecule has 10 aromatic rings. The molecule has 0 spiro atoms. The topological polar surface area (TPSA) is 105 Å². The van der Waals surface area contributed by atoms with Gasteiger partial charge in [0.15, 0.2) is 12.0 Å². The van der Waals surface area contributed by atoms with Crippen LogP contribution in [0.4, 0.5) is 11.4 Å². The number of fused-ring (bicyclic) bond motifs is 5. The first-order chi connectivity index (χ1) is 34.9. The summed E-state index contributed by atoms with van der Waals surface area (Å²) in [6.45, 7) is 16.1. The molecule has 13 heteroatoms. The number of hydrogen-bond donors (Lipinski definition) is 0. The average Bonchev–Trinajstić information content (AvgIpc) is 3.41. The van der Waals surface area contributed by atoms with Crippen LogP contribution in [0.3, 0.4) is 0 Å². The lowest BCUT2D eigenvalue weighted by Crippen LogP contribution is -3.00. The van der Waals surface area contributed by atoms with Crippen LogP contribution in [-0.2, 0) is 14.1 Å². The van der Waals surface area contributed by atoms with Crippen LogP contribution >= 0.6 is 22.6 Å². The number of rotatable bonds is 9. The van der Waals surface area contributed by atoms with Gasteiger partial charge in [0.05, 0.1) is 11.1 Å². The Labute approximate surface area is 481 Å². The Balaban J connectivity index is 0.000000226. The molecule has 5 aromatic carbocycles. The van der Waals surface area contributed by atoms with E-state index in [1.165, 1.54) is 27.4 Å². The quantitative estimate of drug-likeness (QED) is 0.0511. The number of hydrogen-bond acceptors (Lipinski definition) is 8. The van der Waals surface area contributed by atoms with Crippen molar-refractivity contribution in [1.29, 1.82) is 0 Å². The van der Waals surface area contributed by atoms with Crippen LogP contribution in [0, 0.1) is 13.8 Å². The molecule has 10 rings (SSSR count). The van der Waals surface area contributed by atoms with Crippen LogP contribution in [0.1, 0.15) is 60.7 Å². The number of carbonyl (C=O) groups excluding carboxylic acids is 1. The highest BCUT2D eigenvalue weighted by Crippen LogP contribution is 2.24. The summed E-state index contributed by atoms with van der Waals surface area (Å²) in [6.07, 6.45) is 4.30. The first-order valence-electron chi connectivity index (χ1n) is 24.2. The molecule has 0 aliphatic heterocycles. The van der Waals surface area contributed by atoms with Crippen molar-refractivity contribution in [3.63, 3.8) is 0 Å². The summed E-state index contributed by atoms with van der Waals surface area (Å²) in [5, 5.41) is 5.36. The molecule has 5 aromatic heterocycles. The summed E-state index contributed by atoms with van der Waals surface area (Å²) in [4.78, 5) is 45.4. The highest BCUT2D eigenvalue weighted by Gasteiger charge is 2.12. The van der Waals surface area contributed by atoms with Gasteiger partial charge >= 0.3 is 11.3 Å². The van der Waals surface area contributed by atoms with Crippen molar-refractivity contribution < 1.29 is 70.7 Å². The van der Waals surface area contributed by atoms with E-state index in [0.717, 1.165) is 70.7 Å². The second-order valence-electron chi connectivity index (χ2n) is 16.8. The van der Waals surface area contributed by atoms with Crippen LogP contribution in [0.5, 0.6) is 0 Å². The Bertz CT molecular complexity index is 3610. The Morgan fingerprint density at radius 3 is 1.50 bits per heavy atom. The largest absolute Gasteiger partial charge is 1.00 e. The lowest BCUT2D eigenvalue weighted by molar-refractivity contribution is -0.651. The monoisotopic (exact) mass is 1330 g/mol. The van der Waals surface area contributed by atoms with Gasteiger partial charge in [-0.05, 0) is 118 Å². The van der Waals surface area contributed by atoms with Crippen molar-refractivity contribution in [2.45, 2.75) is 41.5 Å². The smallest absolute Gasteiger partial charge is 0.346 e. The summed E-state index contributed by atoms with van der Waals surface area (Å²) < 4.78 is 15.1. The molecular weight excluding hydrogens is 1260 g/mol. The SMILES string of the molecule is CCN(CC)c1ccc2cc(/C=C/c3ccc4ccccc4[n+]3C)c(=O)oc2c1.CCN(CC)c1ccc2cc(C=O)c(=O)oc2c1.CI.Cc1ccc2ccccc2[n+]1C.Cc1ccc2ccccc2n1.[I-].[I-]. The zero-order chi connectivity index (χ0) is 51.7. The van der Waals surface area contributed by atoms with E-state index in [2.05, 4.69) is 167 Å². The van der Waals surface area contributed by atoms with Crippen LogP contribution in [0.2, 0.25) is 0 Å². The Morgan fingerprint density at radius 1 is 0.514 bits per heavy atom. The zero-order valence-electron chi connectivity index (χ0n) is 43.5. The van der Waals surface area contributed by atoms with E-state index in [9.17, 15) is 14.4 Å². The van der Waals surface area contributed by atoms with Crippen molar-refractivity contribution in [1.82, 2.24) is 4.98 Å². The normalized spacial score (nSPS) is 10.4. The van der Waals surface area contributed by atoms with E-state index in [1.54, 1.807) is 6.07 Å². The minimum atomic E-state index is -0.589. The molecule has 0 saturated heterocycles. The number of alkyl halides is 1. The number of halogens is 3. The predicted molar refractivity (Wildman–Crippen MR) is 308 cm³/mol. The number of benzene rings is 5. The lowest BCUT2D eigenvalue weighted by atomic mass is 10.1. The molecule has 0 unspecified atom stereocenters. The highest BCUT2D eigenvalue weighted by atomic mass is 127. The third-order valence-corrected chi connectivity index (χ3v) is 12.5. The number of para-hydroxylation sites is 3. The molecule has 0 N–H and O–H groups in total. The first-order valence-corrected chi connectivity index (χ1v) is 26.3. The van der Waals surface area contributed by atoms with Crippen molar-refractivity contribution in [3.8, 4) is 0 Å². The Morgan fingerprint density at radius 2 is 0.959 bits per heavy atom. The van der Waals surface area contributed by atoms with Gasteiger partial charge in [0.1, 0.15) is 30.8 Å². The number of aryl methyl sites for hydroxylation is 4. The molecule has 0 aliphatic carbocycles. The highest BCUT2D eigenvalue weighted by molar-refractivity contribution is 14.1. The van der Waals surface area contributed by atoms with Crippen molar-refractivity contribution in [2.75, 3.05) is 40.9 Å². The number of anilines is 2. The summed E-state index contributed by atoms with van der Waals surface area (Å²) in [5.41, 5.74) is 9.77. The molecular formula is C61H64I3N5O5. The zero-order valence-corrected chi connectivity index (χ0v) is 50.0. The molecule has 0 amide bonds. The molecule has 0 atom stereocenters. The minimum absolute atomic E-state index is 0. The fourth-order valence-corrected chi connectivity index (χ4v) is 8.32. The van der Waals surface area contributed by atoms with Gasteiger partial charge in [-0.25, -0.2) is 9.59 Å². The maximum absolute atomic E-state index is 12.5. The summed E-state index contributed by atoms with van der Waals surface area (Å²) in [5.74, 6) is 0. The number of aromatic nitrogens is 3. The molecule has 0 saturated carbocycles. The summed E-state index contributed by atoms with van der Waals surface area (Å²) in [7, 11) is 4.12. The van der Waals surface area contributed by atoms with Crippen molar-refractivity contribution in [2.24, 2.45) is 14.1 Å². The number of carbonyl (C=O) groups is 1. The van der Waals surface area contributed by atoms with Gasteiger partial charge in [-0.15, -0.1) is 0 Å². The van der Waals surface area contributed by atoms with Gasteiger partial charge in [-0.2, -0.15) is 9.13 Å². The van der Waals surface area contributed by atoms with E-state index in [1.807, 2.05) is 104 Å². The maximum Gasteiger partial charge on any atom is 0.346 e. The van der Waals surface area contributed by atoms with Gasteiger partial charge in [0, 0.05) is 120 Å². The van der Waals surface area contributed by atoms with Crippen LogP contribution < -0.4 is 78.1 Å². The number of aldehydes is 1. The number of pyridine rings is 3. The Kier molecular flexibility index (Phi) is 24.3. The molecule has 0 aliphatic rings. The van der Waals surface area contributed by atoms with E-state index >= 15 is 0 Å². The minimum Gasteiger partial charge on any atom is -1.00 e. The summed E-state index contributed by atoms with van der Waals surface area (Å²) >= 11 is 2.15. The fraction of sp³-hybridized carbons (Fsp3) is 0.213. The molecule has 74 heavy (non-hydrogen) atoms. The lowest BCUT2D eigenvalue weighted by Gasteiger charge is -2.20.